The van der Waals surface area contributed by atoms with Crippen molar-refractivity contribution in [1.82, 2.24) is 0 Å². The Bertz CT molecular complexity index is 997. The molecule has 4 heteroatoms. The maximum absolute atomic E-state index is 12.4. The summed E-state index contributed by atoms with van der Waals surface area (Å²) in [6.07, 6.45) is 1.67. The minimum atomic E-state index is -0.204. The molecule has 0 aliphatic heterocycles. The zero-order chi connectivity index (χ0) is 18.1. The van der Waals surface area contributed by atoms with Gasteiger partial charge < -0.3 is 0 Å². The lowest BCUT2D eigenvalue weighted by atomic mass is 10.1. The standard InChI is InChI=1S/C22H13ClO2S/c23-15-7-11-17(12-8-15)26-16-9-5-14(6-10-16)13-20-21(24)18-3-1-2-4-19(18)22(20)25/h1-13H. The number of hydrogen-bond acceptors (Lipinski definition) is 3. The average Bonchev–Trinajstić information content (AvgIpc) is 2.90. The van der Waals surface area contributed by atoms with Crippen molar-refractivity contribution < 1.29 is 9.59 Å². The predicted octanol–water partition coefficient (Wildman–Crippen LogP) is 5.95. The second kappa shape index (κ2) is 6.94. The molecule has 0 saturated carbocycles. The molecule has 2 nitrogen and oxygen atoms in total. The van der Waals surface area contributed by atoms with Gasteiger partial charge in [-0.25, -0.2) is 0 Å². The van der Waals surface area contributed by atoms with Crippen molar-refractivity contribution in [3.8, 4) is 0 Å². The van der Waals surface area contributed by atoms with Crippen LogP contribution in [-0.2, 0) is 0 Å². The molecule has 0 spiro atoms. The summed E-state index contributed by atoms with van der Waals surface area (Å²) in [5.74, 6) is -0.407. The summed E-state index contributed by atoms with van der Waals surface area (Å²) in [7, 11) is 0. The van der Waals surface area contributed by atoms with Crippen molar-refractivity contribution in [2.24, 2.45) is 0 Å². The summed E-state index contributed by atoms with van der Waals surface area (Å²) in [4.78, 5) is 27.1. The highest BCUT2D eigenvalue weighted by atomic mass is 35.5. The van der Waals surface area contributed by atoms with Crippen molar-refractivity contribution in [1.29, 1.82) is 0 Å². The van der Waals surface area contributed by atoms with Crippen molar-refractivity contribution in [3.63, 3.8) is 0 Å². The van der Waals surface area contributed by atoms with Gasteiger partial charge in [-0.2, -0.15) is 0 Å². The van der Waals surface area contributed by atoms with E-state index in [9.17, 15) is 9.59 Å². The van der Waals surface area contributed by atoms with Crippen LogP contribution >= 0.6 is 23.4 Å². The first kappa shape index (κ1) is 16.8. The fourth-order valence-corrected chi connectivity index (χ4v) is 3.78. The van der Waals surface area contributed by atoms with Gasteiger partial charge in [0.2, 0.25) is 0 Å². The molecule has 0 unspecified atom stereocenters. The van der Waals surface area contributed by atoms with E-state index in [1.165, 1.54) is 0 Å². The number of Topliss-reactive ketones (excluding diaryl/α,β-unsaturated/α-hetero) is 2. The van der Waals surface area contributed by atoms with Crippen LogP contribution in [0.4, 0.5) is 0 Å². The van der Waals surface area contributed by atoms with E-state index >= 15 is 0 Å². The quantitative estimate of drug-likeness (QED) is 0.418. The highest BCUT2D eigenvalue weighted by molar-refractivity contribution is 7.99. The molecular weight excluding hydrogens is 364 g/mol. The Kier molecular flexibility index (Phi) is 4.49. The van der Waals surface area contributed by atoms with Crippen molar-refractivity contribution in [2.75, 3.05) is 0 Å². The SMILES string of the molecule is O=C1C(=Cc2ccc(Sc3ccc(Cl)cc3)cc2)C(=O)c2ccccc21. The molecule has 0 bridgehead atoms. The van der Waals surface area contributed by atoms with Gasteiger partial charge in [-0.05, 0) is 48.0 Å². The maximum atomic E-state index is 12.4. The Morgan fingerprint density at radius 1 is 0.692 bits per heavy atom. The van der Waals surface area contributed by atoms with E-state index in [2.05, 4.69) is 0 Å². The van der Waals surface area contributed by atoms with E-state index in [-0.39, 0.29) is 17.1 Å². The average molecular weight is 377 g/mol. The molecule has 4 rings (SSSR count). The van der Waals surface area contributed by atoms with E-state index in [0.29, 0.717) is 16.1 Å². The van der Waals surface area contributed by atoms with E-state index in [1.54, 1.807) is 42.1 Å². The fourth-order valence-electron chi connectivity index (χ4n) is 2.84. The normalized spacial score (nSPS) is 13.0. The fraction of sp³-hybridized carbons (Fsp3) is 0. The van der Waals surface area contributed by atoms with Gasteiger partial charge in [-0.15, -0.1) is 0 Å². The Balaban J connectivity index is 1.56. The lowest BCUT2D eigenvalue weighted by molar-refractivity contribution is 0.0990. The molecule has 3 aromatic carbocycles. The van der Waals surface area contributed by atoms with Crippen LogP contribution in [0, 0.1) is 0 Å². The molecule has 0 aromatic heterocycles. The second-order valence-corrected chi connectivity index (χ2v) is 7.47. The van der Waals surface area contributed by atoms with Crippen LogP contribution in [0.2, 0.25) is 5.02 Å². The molecule has 3 aromatic rings. The van der Waals surface area contributed by atoms with Gasteiger partial charge in [-0.3, -0.25) is 9.59 Å². The predicted molar refractivity (Wildman–Crippen MR) is 105 cm³/mol. The summed E-state index contributed by atoms with van der Waals surface area (Å²) in [5, 5.41) is 0.711. The van der Waals surface area contributed by atoms with E-state index in [4.69, 9.17) is 11.6 Å². The third-order valence-electron chi connectivity index (χ3n) is 4.15. The zero-order valence-electron chi connectivity index (χ0n) is 13.6. The van der Waals surface area contributed by atoms with Gasteiger partial charge >= 0.3 is 0 Å². The van der Waals surface area contributed by atoms with Gasteiger partial charge in [0.15, 0.2) is 11.6 Å². The van der Waals surface area contributed by atoms with Crippen molar-refractivity contribution in [2.45, 2.75) is 9.79 Å². The smallest absolute Gasteiger partial charge is 0.197 e. The van der Waals surface area contributed by atoms with Crippen LogP contribution in [0.25, 0.3) is 6.08 Å². The lowest BCUT2D eigenvalue weighted by Gasteiger charge is -2.03. The third-order valence-corrected chi connectivity index (χ3v) is 5.41. The molecule has 0 fully saturated rings. The maximum Gasteiger partial charge on any atom is 0.197 e. The molecule has 1 aliphatic rings. The number of fused-ring (bicyclic) bond motifs is 1. The van der Waals surface area contributed by atoms with Crippen LogP contribution in [0.1, 0.15) is 26.3 Å². The number of carbonyl (C=O) groups is 2. The monoisotopic (exact) mass is 376 g/mol. The van der Waals surface area contributed by atoms with Crippen LogP contribution in [0.5, 0.6) is 0 Å². The minimum Gasteiger partial charge on any atom is -0.288 e. The van der Waals surface area contributed by atoms with E-state index < -0.39 is 0 Å². The highest BCUT2D eigenvalue weighted by Gasteiger charge is 2.32. The van der Waals surface area contributed by atoms with Crippen LogP contribution in [0.3, 0.4) is 0 Å². The van der Waals surface area contributed by atoms with Crippen LogP contribution < -0.4 is 0 Å². The minimum absolute atomic E-state index is 0.204. The summed E-state index contributed by atoms with van der Waals surface area (Å²) in [6, 6.07) is 22.4. The first-order valence-corrected chi connectivity index (χ1v) is 9.25. The van der Waals surface area contributed by atoms with Gasteiger partial charge in [0.25, 0.3) is 0 Å². The Morgan fingerprint density at radius 2 is 1.19 bits per heavy atom. The molecule has 0 saturated heterocycles. The molecule has 0 atom stereocenters. The Hall–Kier alpha value is -2.62. The Labute approximate surface area is 160 Å². The van der Waals surface area contributed by atoms with Gasteiger partial charge in [0.05, 0.1) is 5.57 Å². The van der Waals surface area contributed by atoms with Crippen molar-refractivity contribution in [3.05, 3.63) is 100 Å². The number of ketones is 2. The summed E-state index contributed by atoms with van der Waals surface area (Å²) in [5.41, 5.74) is 2.02. The van der Waals surface area contributed by atoms with Gasteiger partial charge in [0, 0.05) is 25.9 Å². The molecule has 0 amide bonds. The van der Waals surface area contributed by atoms with E-state index in [1.807, 2.05) is 48.5 Å². The zero-order valence-corrected chi connectivity index (χ0v) is 15.2. The summed E-state index contributed by atoms with van der Waals surface area (Å²) < 4.78 is 0. The van der Waals surface area contributed by atoms with Crippen LogP contribution in [-0.4, -0.2) is 11.6 Å². The van der Waals surface area contributed by atoms with E-state index in [0.717, 1.165) is 15.4 Å². The Morgan fingerprint density at radius 3 is 1.73 bits per heavy atom. The molecule has 0 N–H and O–H groups in total. The number of hydrogen-bond donors (Lipinski definition) is 0. The number of allylic oxidation sites excluding steroid dienone is 1. The highest BCUT2D eigenvalue weighted by Crippen LogP contribution is 2.30. The second-order valence-electron chi connectivity index (χ2n) is 5.89. The lowest BCUT2D eigenvalue weighted by Crippen LogP contribution is -2.00. The molecule has 26 heavy (non-hydrogen) atoms. The van der Waals surface area contributed by atoms with Crippen molar-refractivity contribution >= 4 is 41.0 Å². The molecule has 126 valence electrons. The summed E-state index contributed by atoms with van der Waals surface area (Å²) in [6.45, 7) is 0. The molecular formula is C22H13ClO2S. The first-order valence-electron chi connectivity index (χ1n) is 8.05. The molecule has 0 radical (unpaired) electrons. The summed E-state index contributed by atoms with van der Waals surface area (Å²) >= 11 is 7.53. The number of halogens is 1. The topological polar surface area (TPSA) is 34.1 Å². The van der Waals surface area contributed by atoms with Crippen LogP contribution in [0.15, 0.2) is 88.2 Å². The first-order chi connectivity index (χ1) is 12.6. The number of carbonyl (C=O) groups excluding carboxylic acids is 2. The number of benzene rings is 3. The largest absolute Gasteiger partial charge is 0.288 e. The number of rotatable bonds is 3. The van der Waals surface area contributed by atoms with Gasteiger partial charge in [0.1, 0.15) is 0 Å². The molecule has 0 heterocycles. The van der Waals surface area contributed by atoms with Gasteiger partial charge in [-0.1, -0.05) is 59.8 Å². The molecule has 1 aliphatic carbocycles. The third kappa shape index (κ3) is 3.24.